The quantitative estimate of drug-likeness (QED) is 0.527. The van der Waals surface area contributed by atoms with Crippen molar-refractivity contribution >= 4 is 11.7 Å². The van der Waals surface area contributed by atoms with Crippen molar-refractivity contribution in [1.29, 1.82) is 0 Å². The molecule has 0 aliphatic heterocycles. The first-order valence-electron chi connectivity index (χ1n) is 9.36. The molecule has 0 spiro atoms. The number of hydrogen-bond acceptors (Lipinski definition) is 3. The lowest BCUT2D eigenvalue weighted by Crippen LogP contribution is -2.32. The van der Waals surface area contributed by atoms with Crippen molar-refractivity contribution in [2.75, 3.05) is 0 Å². The van der Waals surface area contributed by atoms with Crippen LogP contribution >= 0.6 is 0 Å². The molecule has 2 atom stereocenters. The summed E-state index contributed by atoms with van der Waals surface area (Å²) in [6, 6.07) is 17.6. The fourth-order valence-electron chi connectivity index (χ4n) is 4.65. The maximum atomic E-state index is 12.4. The Labute approximate surface area is 155 Å². The van der Waals surface area contributed by atoms with Gasteiger partial charge in [0.2, 0.25) is 0 Å². The molecule has 0 heterocycles. The van der Waals surface area contributed by atoms with Gasteiger partial charge in [-0.25, -0.2) is 4.79 Å². The maximum Gasteiger partial charge on any atom is 0.365 e. The van der Waals surface area contributed by atoms with Crippen LogP contribution in [-0.2, 0) is 4.84 Å². The first-order valence-corrected chi connectivity index (χ1v) is 9.36. The third-order valence-electron chi connectivity index (χ3n) is 6.98. The number of fused-ring (bicyclic) bond motifs is 2. The second kappa shape index (κ2) is 6.08. The summed E-state index contributed by atoms with van der Waals surface area (Å²) in [6.07, 6.45) is 3.33. The molecule has 3 nitrogen and oxygen atoms in total. The molecule has 0 aromatic heterocycles. The third kappa shape index (κ3) is 2.57. The zero-order valence-corrected chi connectivity index (χ0v) is 15.7. The summed E-state index contributed by atoms with van der Waals surface area (Å²) < 4.78 is 0. The van der Waals surface area contributed by atoms with E-state index in [4.69, 9.17) is 4.84 Å². The Bertz CT molecular complexity index is 852. The van der Waals surface area contributed by atoms with E-state index in [1.165, 1.54) is 6.42 Å². The molecule has 2 unspecified atom stereocenters. The largest absolute Gasteiger partial charge is 0.365 e. The Hall–Kier alpha value is -2.42. The van der Waals surface area contributed by atoms with Crippen molar-refractivity contribution < 1.29 is 9.63 Å². The minimum absolute atomic E-state index is 0.0507. The summed E-state index contributed by atoms with van der Waals surface area (Å²) >= 11 is 0. The molecule has 0 radical (unpaired) electrons. The second-order valence-corrected chi connectivity index (χ2v) is 8.35. The van der Waals surface area contributed by atoms with Gasteiger partial charge in [0, 0.05) is 5.41 Å². The summed E-state index contributed by atoms with van der Waals surface area (Å²) in [7, 11) is 0. The summed E-state index contributed by atoms with van der Waals surface area (Å²) in [5, 5.41) is 4.30. The van der Waals surface area contributed by atoms with E-state index in [0.29, 0.717) is 11.5 Å². The van der Waals surface area contributed by atoms with E-state index in [2.05, 4.69) is 38.1 Å². The van der Waals surface area contributed by atoms with Crippen molar-refractivity contribution in [1.82, 2.24) is 0 Å². The van der Waals surface area contributed by atoms with Gasteiger partial charge in [0.25, 0.3) is 0 Å². The molecule has 2 bridgehead atoms. The van der Waals surface area contributed by atoms with Crippen molar-refractivity contribution in [2.45, 2.75) is 40.0 Å². The molecule has 2 aliphatic rings. The number of nitrogens with zero attached hydrogens (tertiary/aromatic N) is 1. The lowest BCUT2D eigenvalue weighted by molar-refractivity contribution is 0.0508. The molecule has 2 aromatic rings. The average molecular weight is 347 g/mol. The van der Waals surface area contributed by atoms with Gasteiger partial charge in [-0.05, 0) is 53.9 Å². The number of rotatable bonds is 3. The normalized spacial score (nSPS) is 27.7. The van der Waals surface area contributed by atoms with Crippen molar-refractivity contribution in [3.8, 4) is 11.1 Å². The Morgan fingerprint density at radius 2 is 1.65 bits per heavy atom. The molecule has 0 amide bonds. The molecule has 2 fully saturated rings. The highest BCUT2D eigenvalue weighted by molar-refractivity contribution is 5.95. The second-order valence-electron chi connectivity index (χ2n) is 8.35. The molecule has 2 aliphatic carbocycles. The van der Waals surface area contributed by atoms with Gasteiger partial charge in [0.15, 0.2) is 0 Å². The summed E-state index contributed by atoms with van der Waals surface area (Å²) in [5.41, 5.74) is 4.07. The van der Waals surface area contributed by atoms with Gasteiger partial charge in [-0.15, -0.1) is 0 Å². The summed E-state index contributed by atoms with van der Waals surface area (Å²) in [6.45, 7) is 6.90. The molecule has 2 saturated carbocycles. The van der Waals surface area contributed by atoms with E-state index in [9.17, 15) is 4.79 Å². The molecule has 134 valence electrons. The lowest BCUT2D eigenvalue weighted by Gasteiger charge is -2.34. The Morgan fingerprint density at radius 3 is 2.23 bits per heavy atom. The van der Waals surface area contributed by atoms with Gasteiger partial charge in [-0.1, -0.05) is 68.4 Å². The average Bonchev–Trinajstić information content (AvgIpc) is 3.00. The fourth-order valence-corrected chi connectivity index (χ4v) is 4.65. The van der Waals surface area contributed by atoms with Crippen LogP contribution < -0.4 is 0 Å². The first kappa shape index (κ1) is 17.0. The molecule has 4 rings (SSSR count). The Morgan fingerprint density at radius 1 is 1.00 bits per heavy atom. The van der Waals surface area contributed by atoms with Gasteiger partial charge < -0.3 is 4.84 Å². The van der Waals surface area contributed by atoms with Crippen molar-refractivity contribution in [3.05, 3.63) is 60.2 Å². The number of oxime groups is 1. The van der Waals surface area contributed by atoms with Crippen LogP contribution in [0.1, 0.15) is 50.4 Å². The van der Waals surface area contributed by atoms with Crippen LogP contribution in [0, 0.1) is 16.7 Å². The monoisotopic (exact) mass is 347 g/mol. The summed E-state index contributed by atoms with van der Waals surface area (Å²) in [4.78, 5) is 17.7. The first-order chi connectivity index (χ1) is 12.4. The third-order valence-corrected chi connectivity index (χ3v) is 6.98. The van der Waals surface area contributed by atoms with E-state index in [0.717, 1.165) is 29.7 Å². The van der Waals surface area contributed by atoms with Crippen LogP contribution in [0.25, 0.3) is 11.1 Å². The van der Waals surface area contributed by atoms with Gasteiger partial charge in [-0.3, -0.25) is 0 Å². The number of carbonyl (C=O) groups is 1. The number of benzene rings is 2. The highest BCUT2D eigenvalue weighted by Crippen LogP contribution is 2.64. The van der Waals surface area contributed by atoms with Gasteiger partial charge in [-0.2, -0.15) is 0 Å². The van der Waals surface area contributed by atoms with E-state index < -0.39 is 0 Å². The molecule has 3 heteroatoms. The van der Waals surface area contributed by atoms with Crippen LogP contribution in [0.2, 0.25) is 0 Å². The summed E-state index contributed by atoms with van der Waals surface area (Å²) in [5.74, 6) is 0.261. The smallest absolute Gasteiger partial charge is 0.313 e. The highest BCUT2D eigenvalue weighted by atomic mass is 16.7. The highest BCUT2D eigenvalue weighted by Gasteiger charge is 2.60. The standard InChI is InChI=1S/C23H25NO2/c1-22(2)19-13-14-23(22,3)20(15-19)24-26-21(25)18-11-9-17(10-12-18)16-7-5-4-6-8-16/h4-12,19H,13-15H2,1-3H3. The van der Waals surface area contributed by atoms with E-state index >= 15 is 0 Å². The molecule has 0 N–H and O–H groups in total. The fraction of sp³-hybridized carbons (Fsp3) is 0.391. The van der Waals surface area contributed by atoms with Crippen LogP contribution in [-0.4, -0.2) is 11.7 Å². The lowest BCUT2D eigenvalue weighted by atomic mass is 9.70. The molecule has 0 saturated heterocycles. The molecular formula is C23H25NO2. The molecular weight excluding hydrogens is 322 g/mol. The number of carbonyl (C=O) groups excluding carboxylic acids is 1. The van der Waals surface area contributed by atoms with Gasteiger partial charge in [0.1, 0.15) is 0 Å². The topological polar surface area (TPSA) is 38.7 Å². The van der Waals surface area contributed by atoms with Crippen LogP contribution in [0.15, 0.2) is 59.8 Å². The minimum Gasteiger partial charge on any atom is -0.313 e. The minimum atomic E-state index is -0.388. The van der Waals surface area contributed by atoms with Crippen molar-refractivity contribution in [3.63, 3.8) is 0 Å². The van der Waals surface area contributed by atoms with Crippen LogP contribution in [0.4, 0.5) is 0 Å². The van der Waals surface area contributed by atoms with E-state index in [-0.39, 0.29) is 16.8 Å². The van der Waals surface area contributed by atoms with Crippen LogP contribution in [0.5, 0.6) is 0 Å². The Balaban J connectivity index is 1.48. The zero-order chi connectivity index (χ0) is 18.4. The van der Waals surface area contributed by atoms with E-state index in [1.54, 1.807) is 12.1 Å². The SMILES string of the molecule is CC12CCC(CC1=NOC(=O)c1ccc(-c3ccccc3)cc1)C2(C)C. The Kier molecular flexibility index (Phi) is 3.98. The van der Waals surface area contributed by atoms with Crippen LogP contribution in [0.3, 0.4) is 0 Å². The predicted octanol–water partition coefficient (Wildman–Crippen LogP) is 5.71. The van der Waals surface area contributed by atoms with Crippen molar-refractivity contribution in [2.24, 2.45) is 21.9 Å². The predicted molar refractivity (Wildman–Crippen MR) is 104 cm³/mol. The number of hydrogen-bond donors (Lipinski definition) is 0. The molecule has 26 heavy (non-hydrogen) atoms. The van der Waals surface area contributed by atoms with E-state index in [1.807, 2.05) is 30.3 Å². The van der Waals surface area contributed by atoms with Gasteiger partial charge in [0.05, 0.1) is 11.3 Å². The molecule has 2 aromatic carbocycles. The van der Waals surface area contributed by atoms with Gasteiger partial charge >= 0.3 is 5.97 Å². The zero-order valence-electron chi connectivity index (χ0n) is 15.7. The maximum absolute atomic E-state index is 12.4.